The van der Waals surface area contributed by atoms with Crippen LogP contribution >= 0.6 is 0 Å². The van der Waals surface area contributed by atoms with Crippen molar-refractivity contribution in [1.82, 2.24) is 9.97 Å². The third-order valence-electron chi connectivity index (χ3n) is 4.60. The second-order valence-electron chi connectivity index (χ2n) is 6.67. The summed E-state index contributed by atoms with van der Waals surface area (Å²) in [7, 11) is 0. The molecule has 4 aromatic rings. The van der Waals surface area contributed by atoms with E-state index < -0.39 is 23.2 Å². The van der Waals surface area contributed by atoms with E-state index in [1.165, 1.54) is 12.1 Å². The summed E-state index contributed by atoms with van der Waals surface area (Å²) in [6, 6.07) is 15.8. The predicted octanol–water partition coefficient (Wildman–Crippen LogP) is 4.64. The number of benzene rings is 3. The number of imidazole rings is 1. The number of ketones is 1. The van der Waals surface area contributed by atoms with Gasteiger partial charge in [-0.25, -0.2) is 13.8 Å². The highest BCUT2D eigenvalue weighted by Gasteiger charge is 2.24. The molecule has 0 saturated carbocycles. The van der Waals surface area contributed by atoms with E-state index in [1.54, 1.807) is 36.4 Å². The number of allylic oxidation sites excluding steroid dienone is 1. The third-order valence-corrected chi connectivity index (χ3v) is 4.60. The van der Waals surface area contributed by atoms with Crippen LogP contribution in [0, 0.1) is 11.6 Å². The summed E-state index contributed by atoms with van der Waals surface area (Å²) in [5.74, 6) is -2.97. The number of nitrogens with zero attached hydrogens (tertiary/aromatic N) is 1. The first-order valence-electron chi connectivity index (χ1n) is 9.05. The number of para-hydroxylation sites is 2. The molecule has 5 nitrogen and oxygen atoms in total. The quantitative estimate of drug-likeness (QED) is 0.256. The zero-order valence-corrected chi connectivity index (χ0v) is 15.6. The van der Waals surface area contributed by atoms with Gasteiger partial charge in [0.1, 0.15) is 28.8 Å². The van der Waals surface area contributed by atoms with Gasteiger partial charge in [0.05, 0.1) is 17.6 Å². The summed E-state index contributed by atoms with van der Waals surface area (Å²) in [5.41, 5.74) is 1.42. The molecule has 0 amide bonds. The van der Waals surface area contributed by atoms with Crippen molar-refractivity contribution in [2.24, 2.45) is 0 Å². The zero-order chi connectivity index (χ0) is 21.3. The van der Waals surface area contributed by atoms with Crippen LogP contribution in [-0.2, 0) is 6.61 Å². The molecule has 0 aliphatic heterocycles. The zero-order valence-electron chi connectivity index (χ0n) is 15.6. The number of aromatic amines is 1. The Hall–Kier alpha value is -3.84. The molecule has 0 saturated heterocycles. The van der Waals surface area contributed by atoms with Gasteiger partial charge >= 0.3 is 0 Å². The Labute approximate surface area is 170 Å². The van der Waals surface area contributed by atoms with Crippen LogP contribution < -0.4 is 0 Å². The number of H-pyrrole nitrogens is 1. The van der Waals surface area contributed by atoms with E-state index in [2.05, 4.69) is 9.97 Å². The van der Waals surface area contributed by atoms with Crippen molar-refractivity contribution in [3.8, 4) is 0 Å². The van der Waals surface area contributed by atoms with Gasteiger partial charge in [0.25, 0.3) is 0 Å². The van der Waals surface area contributed by atoms with Crippen LogP contribution in [0.1, 0.15) is 27.3 Å². The summed E-state index contributed by atoms with van der Waals surface area (Å²) >= 11 is 0. The summed E-state index contributed by atoms with van der Waals surface area (Å²) < 4.78 is 27.5. The number of aliphatic hydroxyl groups excluding tert-OH is 2. The van der Waals surface area contributed by atoms with Crippen LogP contribution in [0.3, 0.4) is 0 Å². The minimum Gasteiger partial charge on any atom is -0.506 e. The molecule has 0 spiro atoms. The fourth-order valence-electron chi connectivity index (χ4n) is 3.19. The second-order valence-corrected chi connectivity index (χ2v) is 6.67. The number of aromatic nitrogens is 2. The summed E-state index contributed by atoms with van der Waals surface area (Å²) in [6.45, 7) is -0.272. The highest BCUT2D eigenvalue weighted by molar-refractivity contribution is 6.33. The van der Waals surface area contributed by atoms with Crippen LogP contribution in [0.4, 0.5) is 8.78 Å². The maximum absolute atomic E-state index is 13.7. The van der Waals surface area contributed by atoms with E-state index in [4.69, 9.17) is 0 Å². The lowest BCUT2D eigenvalue weighted by molar-refractivity contribution is 0.105. The Bertz CT molecular complexity index is 1240. The van der Waals surface area contributed by atoms with E-state index in [0.717, 1.165) is 12.1 Å². The lowest BCUT2D eigenvalue weighted by Gasteiger charge is -2.10. The molecule has 150 valence electrons. The smallest absolute Gasteiger partial charge is 0.200 e. The number of hydrogen-bond acceptors (Lipinski definition) is 4. The lowest BCUT2D eigenvalue weighted by atomic mass is 9.97. The average Bonchev–Trinajstić information content (AvgIpc) is 3.16. The molecule has 30 heavy (non-hydrogen) atoms. The number of fused-ring (bicyclic) bond motifs is 1. The van der Waals surface area contributed by atoms with Gasteiger partial charge in [-0.2, -0.15) is 0 Å². The highest BCUT2D eigenvalue weighted by Crippen LogP contribution is 2.29. The summed E-state index contributed by atoms with van der Waals surface area (Å²) in [6.07, 6.45) is 0. The fraction of sp³-hybridized carbons (Fsp3) is 0.0435. The number of aliphatic hydroxyl groups is 2. The Kier molecular flexibility index (Phi) is 5.12. The van der Waals surface area contributed by atoms with Crippen LogP contribution in [-0.4, -0.2) is 26.0 Å². The molecule has 4 rings (SSSR count). The van der Waals surface area contributed by atoms with Gasteiger partial charge in [-0.3, -0.25) is 4.79 Å². The maximum Gasteiger partial charge on any atom is 0.200 e. The SMILES string of the molecule is O=C(/C(=C(/O)c1cc(F)cc(F)c1)c1nc2ccccc2[nH]1)c1cccc(CO)c1. The number of nitrogens with one attached hydrogen (secondary N) is 1. The first kappa shape index (κ1) is 19.5. The topological polar surface area (TPSA) is 86.2 Å². The summed E-state index contributed by atoms with van der Waals surface area (Å²) in [4.78, 5) is 20.7. The summed E-state index contributed by atoms with van der Waals surface area (Å²) in [5, 5.41) is 20.3. The maximum atomic E-state index is 13.7. The number of hydrogen-bond donors (Lipinski definition) is 3. The van der Waals surface area contributed by atoms with E-state index in [-0.39, 0.29) is 29.1 Å². The van der Waals surface area contributed by atoms with Gasteiger partial charge in [0.2, 0.25) is 5.78 Å². The molecule has 1 heterocycles. The van der Waals surface area contributed by atoms with Crippen molar-refractivity contribution >= 4 is 28.1 Å². The Balaban J connectivity index is 1.95. The molecule has 0 atom stereocenters. The number of rotatable bonds is 5. The van der Waals surface area contributed by atoms with Gasteiger partial charge in [-0.1, -0.05) is 30.3 Å². The van der Waals surface area contributed by atoms with Crippen molar-refractivity contribution in [1.29, 1.82) is 0 Å². The normalized spacial score (nSPS) is 12.1. The van der Waals surface area contributed by atoms with Gasteiger partial charge in [0.15, 0.2) is 0 Å². The monoisotopic (exact) mass is 406 g/mol. The van der Waals surface area contributed by atoms with Crippen molar-refractivity contribution in [2.45, 2.75) is 6.61 Å². The van der Waals surface area contributed by atoms with Gasteiger partial charge in [0, 0.05) is 17.2 Å². The number of Topliss-reactive ketones (excluding diaryl/α,β-unsaturated/α-hetero) is 1. The Morgan fingerprint density at radius 3 is 2.37 bits per heavy atom. The number of carbonyl (C=O) groups is 1. The average molecular weight is 406 g/mol. The molecule has 0 fully saturated rings. The molecular weight excluding hydrogens is 390 g/mol. The number of halogens is 2. The largest absolute Gasteiger partial charge is 0.506 e. The highest BCUT2D eigenvalue weighted by atomic mass is 19.1. The molecule has 1 aromatic heterocycles. The van der Waals surface area contributed by atoms with Gasteiger partial charge in [-0.15, -0.1) is 0 Å². The van der Waals surface area contributed by atoms with Crippen molar-refractivity contribution in [3.05, 3.63) is 101 Å². The second kappa shape index (κ2) is 7.88. The van der Waals surface area contributed by atoms with Crippen LogP contribution in [0.15, 0.2) is 66.7 Å². The fourth-order valence-corrected chi connectivity index (χ4v) is 3.19. The van der Waals surface area contributed by atoms with Crippen molar-refractivity contribution < 1.29 is 23.8 Å². The van der Waals surface area contributed by atoms with Crippen LogP contribution in [0.2, 0.25) is 0 Å². The molecule has 3 N–H and O–H groups in total. The van der Waals surface area contributed by atoms with E-state index >= 15 is 0 Å². The van der Waals surface area contributed by atoms with E-state index in [1.807, 2.05) is 0 Å². The van der Waals surface area contributed by atoms with Crippen LogP contribution in [0.25, 0.3) is 22.4 Å². The molecule has 0 unspecified atom stereocenters. The van der Waals surface area contributed by atoms with E-state index in [9.17, 15) is 23.8 Å². The van der Waals surface area contributed by atoms with Crippen LogP contribution in [0.5, 0.6) is 0 Å². The van der Waals surface area contributed by atoms with E-state index in [0.29, 0.717) is 22.7 Å². The Morgan fingerprint density at radius 2 is 1.67 bits per heavy atom. The standard InChI is InChI=1S/C23H16F2N2O3/c24-16-9-15(10-17(25)11-16)22(30)20(21(29)14-5-3-4-13(8-14)12-28)23-26-18-6-1-2-7-19(18)27-23/h1-11,28,30H,12H2,(H,26,27)/b22-20-. The van der Waals surface area contributed by atoms with Gasteiger partial charge < -0.3 is 15.2 Å². The van der Waals surface area contributed by atoms with Crippen molar-refractivity contribution in [3.63, 3.8) is 0 Å². The molecule has 7 heteroatoms. The molecule has 3 aromatic carbocycles. The van der Waals surface area contributed by atoms with Gasteiger partial charge in [-0.05, 0) is 35.9 Å². The van der Waals surface area contributed by atoms with Crippen molar-refractivity contribution in [2.75, 3.05) is 0 Å². The molecule has 0 radical (unpaired) electrons. The third kappa shape index (κ3) is 3.70. The lowest BCUT2D eigenvalue weighted by Crippen LogP contribution is -2.08. The predicted molar refractivity (Wildman–Crippen MR) is 109 cm³/mol. The molecule has 0 aliphatic rings. The number of carbonyl (C=O) groups excluding carboxylic acids is 1. The minimum atomic E-state index is -0.893. The molecule has 0 aliphatic carbocycles. The minimum absolute atomic E-state index is 0.0535. The Morgan fingerprint density at radius 1 is 0.933 bits per heavy atom. The molecule has 0 bridgehead atoms. The molecular formula is C23H16F2N2O3. The first-order valence-corrected chi connectivity index (χ1v) is 9.05. The first-order chi connectivity index (χ1) is 14.5.